The molecule has 0 aromatic heterocycles. The molecule has 0 aliphatic heterocycles. The van der Waals surface area contributed by atoms with Gasteiger partial charge in [0.25, 0.3) is 0 Å². The second-order valence-corrected chi connectivity index (χ2v) is 7.17. The topological polar surface area (TPSA) is 66.8 Å². The Kier molecular flexibility index (Phi) is 12.6. The van der Waals surface area contributed by atoms with Crippen LogP contribution in [0.1, 0.15) is 83.6 Å². The minimum Gasteiger partial charge on any atom is -0.508 e. The van der Waals surface area contributed by atoms with Gasteiger partial charge in [0.2, 0.25) is 0 Å². The van der Waals surface area contributed by atoms with Gasteiger partial charge < -0.3 is 14.9 Å². The molecule has 0 fully saturated rings. The van der Waals surface area contributed by atoms with Crippen LogP contribution in [0, 0.1) is 0 Å². The number of aliphatic hydroxyl groups is 1. The van der Waals surface area contributed by atoms with E-state index in [1.165, 1.54) is 44.3 Å². The van der Waals surface area contributed by atoms with E-state index in [4.69, 9.17) is 4.74 Å². The van der Waals surface area contributed by atoms with Gasteiger partial charge in [0, 0.05) is 12.5 Å². The van der Waals surface area contributed by atoms with Crippen molar-refractivity contribution in [1.29, 1.82) is 0 Å². The van der Waals surface area contributed by atoms with Gasteiger partial charge in [-0.2, -0.15) is 0 Å². The van der Waals surface area contributed by atoms with E-state index in [2.05, 4.69) is 13.8 Å². The molecule has 156 valence electrons. The van der Waals surface area contributed by atoms with Crippen molar-refractivity contribution in [3.63, 3.8) is 0 Å². The van der Waals surface area contributed by atoms with Crippen LogP contribution in [0.4, 0.5) is 0 Å². The molecular weight excluding hydrogens is 352 g/mol. The Morgan fingerprint density at radius 1 is 1.00 bits per heavy atom. The summed E-state index contributed by atoms with van der Waals surface area (Å²) in [6.07, 6.45) is 15.0. The van der Waals surface area contributed by atoms with Crippen LogP contribution in [0.25, 0.3) is 6.08 Å². The van der Waals surface area contributed by atoms with Crippen LogP contribution in [0.5, 0.6) is 11.5 Å². The normalized spacial score (nSPS) is 11.9. The molecule has 0 bridgehead atoms. The molecule has 0 saturated heterocycles. The minimum absolute atomic E-state index is 0.0509. The number of phenols is 1. The molecule has 0 spiro atoms. The monoisotopic (exact) mass is 388 g/mol. The summed E-state index contributed by atoms with van der Waals surface area (Å²) < 4.78 is 5.56. The van der Waals surface area contributed by atoms with Crippen molar-refractivity contribution in [2.75, 3.05) is 6.61 Å². The summed E-state index contributed by atoms with van der Waals surface area (Å²) in [5.74, 6) is 0.409. The van der Waals surface area contributed by atoms with Crippen LogP contribution in [0.2, 0.25) is 0 Å². The van der Waals surface area contributed by atoms with Gasteiger partial charge in [0.1, 0.15) is 5.76 Å². The third-order valence-corrected chi connectivity index (χ3v) is 4.52. The van der Waals surface area contributed by atoms with Crippen LogP contribution in [-0.4, -0.2) is 22.6 Å². The molecule has 4 heteroatoms. The highest BCUT2D eigenvalue weighted by molar-refractivity contribution is 5.90. The second kappa shape index (κ2) is 14.8. The minimum atomic E-state index is -0.0607. The summed E-state index contributed by atoms with van der Waals surface area (Å²) in [6.45, 7) is 4.83. The smallest absolute Gasteiger partial charge is 0.161 e. The van der Waals surface area contributed by atoms with Crippen LogP contribution in [-0.2, 0) is 4.79 Å². The molecule has 1 aromatic carbocycles. The average molecular weight is 389 g/mol. The van der Waals surface area contributed by atoms with E-state index in [1.54, 1.807) is 24.3 Å². The fourth-order valence-corrected chi connectivity index (χ4v) is 2.80. The molecule has 0 radical (unpaired) electrons. The average Bonchev–Trinajstić information content (AvgIpc) is 2.67. The van der Waals surface area contributed by atoms with E-state index in [9.17, 15) is 15.0 Å². The molecule has 2 N–H and O–H groups in total. The lowest BCUT2D eigenvalue weighted by Gasteiger charge is -2.08. The van der Waals surface area contributed by atoms with Crippen molar-refractivity contribution in [2.24, 2.45) is 0 Å². The molecular formula is C24H36O4. The third kappa shape index (κ3) is 10.8. The maximum atomic E-state index is 11.9. The summed E-state index contributed by atoms with van der Waals surface area (Å²) in [5.41, 5.74) is 0.781. The van der Waals surface area contributed by atoms with E-state index in [0.29, 0.717) is 18.8 Å². The lowest BCUT2D eigenvalue weighted by atomic mass is 10.1. The van der Waals surface area contributed by atoms with E-state index < -0.39 is 0 Å². The Hall–Kier alpha value is -2.23. The molecule has 28 heavy (non-hydrogen) atoms. The molecule has 0 aliphatic carbocycles. The number of aliphatic hydroxyl groups excluding tert-OH is 1. The molecule has 0 saturated carbocycles. The maximum Gasteiger partial charge on any atom is 0.161 e. The van der Waals surface area contributed by atoms with E-state index in [0.717, 1.165) is 31.2 Å². The third-order valence-electron chi connectivity index (χ3n) is 4.52. The summed E-state index contributed by atoms with van der Waals surface area (Å²) in [5, 5.41) is 19.8. The Labute approximate surface area is 169 Å². The SMILES string of the molecule is CCCCCCCCCC(=O)C=C(O)C=Cc1ccc(O)c(OCCCC)c1. The first kappa shape index (κ1) is 23.8. The molecule has 0 atom stereocenters. The van der Waals surface area contributed by atoms with Crippen molar-refractivity contribution < 1.29 is 19.7 Å². The van der Waals surface area contributed by atoms with Crippen molar-refractivity contribution >= 4 is 11.9 Å². The Balaban J connectivity index is 2.43. The van der Waals surface area contributed by atoms with E-state index in [-0.39, 0.29) is 17.3 Å². The lowest BCUT2D eigenvalue weighted by Crippen LogP contribution is -1.97. The zero-order valence-corrected chi connectivity index (χ0v) is 17.5. The number of allylic oxidation sites excluding steroid dienone is 2. The second-order valence-electron chi connectivity index (χ2n) is 7.17. The Morgan fingerprint density at radius 2 is 1.68 bits per heavy atom. The number of benzene rings is 1. The number of phenolic OH excluding ortho intramolecular Hbond substituents is 1. The van der Waals surface area contributed by atoms with Crippen molar-refractivity contribution in [3.8, 4) is 11.5 Å². The Morgan fingerprint density at radius 3 is 2.39 bits per heavy atom. The predicted molar refractivity (Wildman–Crippen MR) is 116 cm³/mol. The first-order valence-corrected chi connectivity index (χ1v) is 10.6. The lowest BCUT2D eigenvalue weighted by molar-refractivity contribution is -0.114. The number of carbonyl (C=O) groups excluding carboxylic acids is 1. The number of carbonyl (C=O) groups is 1. The van der Waals surface area contributed by atoms with Crippen molar-refractivity contribution in [2.45, 2.75) is 78.1 Å². The molecule has 0 aliphatic rings. The zero-order valence-electron chi connectivity index (χ0n) is 17.5. The molecule has 4 nitrogen and oxygen atoms in total. The van der Waals surface area contributed by atoms with Crippen molar-refractivity contribution in [3.05, 3.63) is 41.7 Å². The quantitative estimate of drug-likeness (QED) is 0.151. The number of rotatable bonds is 15. The van der Waals surface area contributed by atoms with Crippen molar-refractivity contribution in [1.82, 2.24) is 0 Å². The standard InChI is InChI=1S/C24H36O4/c1-3-5-7-8-9-10-11-12-21(25)19-22(26)15-13-20-14-16-23(27)24(18-20)28-17-6-4-2/h13-16,18-19,26-27H,3-12,17H2,1-2H3. The van der Waals surface area contributed by atoms with Crippen LogP contribution in [0.3, 0.4) is 0 Å². The number of unbranched alkanes of at least 4 members (excludes halogenated alkanes) is 7. The van der Waals surface area contributed by atoms with Crippen LogP contribution < -0.4 is 4.74 Å². The first-order chi connectivity index (χ1) is 13.6. The number of hydrogen-bond donors (Lipinski definition) is 2. The van der Waals surface area contributed by atoms with Gasteiger partial charge in [-0.1, -0.05) is 70.9 Å². The van der Waals surface area contributed by atoms with Gasteiger partial charge >= 0.3 is 0 Å². The molecule has 1 rings (SSSR count). The number of ether oxygens (including phenoxy) is 1. The molecule has 0 amide bonds. The summed E-state index contributed by atoms with van der Waals surface area (Å²) in [7, 11) is 0. The summed E-state index contributed by atoms with van der Waals surface area (Å²) >= 11 is 0. The van der Waals surface area contributed by atoms with Gasteiger partial charge in [0.05, 0.1) is 6.61 Å². The Bertz CT molecular complexity index is 631. The van der Waals surface area contributed by atoms with Crippen LogP contribution >= 0.6 is 0 Å². The van der Waals surface area contributed by atoms with Crippen LogP contribution in [0.15, 0.2) is 36.1 Å². The summed E-state index contributed by atoms with van der Waals surface area (Å²) in [4.78, 5) is 11.9. The first-order valence-electron chi connectivity index (χ1n) is 10.6. The predicted octanol–water partition coefficient (Wildman–Crippen LogP) is 6.74. The zero-order chi connectivity index (χ0) is 20.6. The van der Waals surface area contributed by atoms with E-state index in [1.807, 2.05) is 0 Å². The molecule has 1 aromatic rings. The highest BCUT2D eigenvalue weighted by Gasteiger charge is 2.03. The van der Waals surface area contributed by atoms with Gasteiger partial charge in [-0.15, -0.1) is 0 Å². The number of aromatic hydroxyl groups is 1. The van der Waals surface area contributed by atoms with Gasteiger partial charge in [-0.3, -0.25) is 4.79 Å². The van der Waals surface area contributed by atoms with Gasteiger partial charge in [-0.25, -0.2) is 0 Å². The highest BCUT2D eigenvalue weighted by atomic mass is 16.5. The molecule has 0 heterocycles. The maximum absolute atomic E-state index is 11.9. The van der Waals surface area contributed by atoms with Gasteiger partial charge in [0.15, 0.2) is 17.3 Å². The summed E-state index contributed by atoms with van der Waals surface area (Å²) in [6, 6.07) is 5.01. The fraction of sp³-hybridized carbons (Fsp3) is 0.542. The van der Waals surface area contributed by atoms with E-state index >= 15 is 0 Å². The van der Waals surface area contributed by atoms with Gasteiger partial charge in [-0.05, 0) is 36.6 Å². The molecule has 0 unspecified atom stereocenters. The number of hydrogen-bond acceptors (Lipinski definition) is 4. The largest absolute Gasteiger partial charge is 0.508 e. The number of ketones is 1. The highest BCUT2D eigenvalue weighted by Crippen LogP contribution is 2.27. The fourth-order valence-electron chi connectivity index (χ4n) is 2.80.